The number of rotatable bonds is 6. The van der Waals surface area contributed by atoms with Gasteiger partial charge in [-0.25, -0.2) is 4.98 Å². The summed E-state index contributed by atoms with van der Waals surface area (Å²) in [6.45, 7) is 6.45. The van der Waals surface area contributed by atoms with E-state index in [0.29, 0.717) is 5.95 Å². The van der Waals surface area contributed by atoms with Crippen LogP contribution in [0.3, 0.4) is 0 Å². The Hall–Kier alpha value is -3.08. The van der Waals surface area contributed by atoms with Crippen LogP contribution in [0.2, 0.25) is 0 Å². The molecule has 0 spiro atoms. The lowest BCUT2D eigenvalue weighted by atomic mass is 10.1. The number of anilines is 5. The van der Waals surface area contributed by atoms with Crippen LogP contribution in [0.1, 0.15) is 31.0 Å². The van der Waals surface area contributed by atoms with Gasteiger partial charge in [-0.05, 0) is 62.1 Å². The fourth-order valence-electron chi connectivity index (χ4n) is 3.64. The molecule has 1 aliphatic heterocycles. The van der Waals surface area contributed by atoms with Crippen molar-refractivity contribution < 1.29 is 0 Å². The van der Waals surface area contributed by atoms with Gasteiger partial charge >= 0.3 is 0 Å². The molecule has 144 valence electrons. The topological polar surface area (TPSA) is 53.1 Å². The summed E-state index contributed by atoms with van der Waals surface area (Å²) < 4.78 is 0. The van der Waals surface area contributed by atoms with Gasteiger partial charge in [-0.3, -0.25) is 0 Å². The third-order valence-electron chi connectivity index (χ3n) is 5.11. The number of aryl methyl sites for hydroxylation is 2. The molecule has 2 aromatic carbocycles. The third kappa shape index (κ3) is 4.25. The predicted molar refractivity (Wildman–Crippen MR) is 117 cm³/mol. The van der Waals surface area contributed by atoms with E-state index >= 15 is 0 Å². The van der Waals surface area contributed by atoms with Crippen LogP contribution in [0.4, 0.5) is 28.8 Å². The smallest absolute Gasteiger partial charge is 0.229 e. The maximum atomic E-state index is 4.66. The average Bonchev–Trinajstić information content (AvgIpc) is 3.23. The Morgan fingerprint density at radius 2 is 1.68 bits per heavy atom. The molecular formula is C23H27N5. The van der Waals surface area contributed by atoms with E-state index in [-0.39, 0.29) is 0 Å². The number of aromatic nitrogens is 2. The summed E-state index contributed by atoms with van der Waals surface area (Å²) in [5.41, 5.74) is 5.55. The van der Waals surface area contributed by atoms with Gasteiger partial charge in [0, 0.05) is 41.9 Å². The molecule has 2 heterocycles. The van der Waals surface area contributed by atoms with Crippen LogP contribution >= 0.6 is 0 Å². The normalized spacial score (nSPS) is 13.6. The average molecular weight is 374 g/mol. The molecule has 5 nitrogen and oxygen atoms in total. The zero-order valence-corrected chi connectivity index (χ0v) is 16.6. The molecule has 0 unspecified atom stereocenters. The monoisotopic (exact) mass is 373 g/mol. The molecule has 28 heavy (non-hydrogen) atoms. The first-order valence-electron chi connectivity index (χ1n) is 10.0. The van der Waals surface area contributed by atoms with Gasteiger partial charge in [0.1, 0.15) is 5.82 Å². The van der Waals surface area contributed by atoms with Crippen molar-refractivity contribution in [1.82, 2.24) is 9.97 Å². The van der Waals surface area contributed by atoms with Crippen molar-refractivity contribution in [2.24, 2.45) is 0 Å². The minimum absolute atomic E-state index is 0.602. The Kier molecular flexibility index (Phi) is 5.42. The molecule has 1 aromatic heterocycles. The maximum Gasteiger partial charge on any atom is 0.229 e. The Morgan fingerprint density at radius 3 is 2.43 bits per heavy atom. The Bertz CT molecular complexity index is 930. The molecule has 0 amide bonds. The van der Waals surface area contributed by atoms with Gasteiger partial charge in [-0.15, -0.1) is 0 Å². The molecule has 4 rings (SSSR count). The first kappa shape index (κ1) is 18.3. The van der Waals surface area contributed by atoms with E-state index in [2.05, 4.69) is 74.9 Å². The number of benzene rings is 2. The molecule has 1 fully saturated rings. The largest absolute Gasteiger partial charge is 0.372 e. The van der Waals surface area contributed by atoms with Crippen LogP contribution in [0.5, 0.6) is 0 Å². The maximum absolute atomic E-state index is 4.66. The van der Waals surface area contributed by atoms with Crippen LogP contribution in [0.15, 0.2) is 54.6 Å². The summed E-state index contributed by atoms with van der Waals surface area (Å²) in [4.78, 5) is 11.6. The molecule has 0 saturated carbocycles. The summed E-state index contributed by atoms with van der Waals surface area (Å²) in [5.74, 6) is 1.40. The predicted octanol–water partition coefficient (Wildman–Crippen LogP) is 5.43. The number of hydrogen-bond acceptors (Lipinski definition) is 5. The first-order valence-corrected chi connectivity index (χ1v) is 10.0. The molecule has 0 radical (unpaired) electrons. The van der Waals surface area contributed by atoms with Gasteiger partial charge in [0.2, 0.25) is 5.95 Å². The van der Waals surface area contributed by atoms with Gasteiger partial charge in [-0.1, -0.05) is 25.1 Å². The standard InChI is InChI=1S/C23H27N5/c1-3-18-8-4-5-9-21(18)26-22-16-17(2)24-23(27-22)25-19-10-12-20(13-11-19)28-14-6-7-15-28/h4-5,8-13,16H,3,6-7,14-15H2,1-2H3,(H2,24,25,26,27). The van der Waals surface area contributed by atoms with Gasteiger partial charge in [0.25, 0.3) is 0 Å². The van der Waals surface area contributed by atoms with Crippen LogP contribution in [-0.4, -0.2) is 23.1 Å². The van der Waals surface area contributed by atoms with E-state index in [1.54, 1.807) is 0 Å². The molecule has 2 N–H and O–H groups in total. The SMILES string of the molecule is CCc1ccccc1Nc1cc(C)nc(Nc2ccc(N3CCCC3)cc2)n1. The lowest BCUT2D eigenvalue weighted by Gasteiger charge is -2.18. The second-order valence-corrected chi connectivity index (χ2v) is 7.22. The minimum atomic E-state index is 0.602. The van der Waals surface area contributed by atoms with Gasteiger partial charge in [0.15, 0.2) is 0 Å². The number of nitrogens with zero attached hydrogens (tertiary/aromatic N) is 3. The molecule has 1 aliphatic rings. The number of para-hydroxylation sites is 1. The third-order valence-corrected chi connectivity index (χ3v) is 5.11. The van der Waals surface area contributed by atoms with Crippen LogP contribution in [0.25, 0.3) is 0 Å². The Balaban J connectivity index is 1.50. The second-order valence-electron chi connectivity index (χ2n) is 7.22. The van der Waals surface area contributed by atoms with Crippen molar-refractivity contribution in [2.75, 3.05) is 28.6 Å². The van der Waals surface area contributed by atoms with Crippen molar-refractivity contribution in [3.05, 3.63) is 65.9 Å². The van der Waals surface area contributed by atoms with Gasteiger partial charge < -0.3 is 15.5 Å². The molecule has 3 aromatic rings. The van der Waals surface area contributed by atoms with Crippen LogP contribution in [-0.2, 0) is 6.42 Å². The van der Waals surface area contributed by atoms with E-state index in [4.69, 9.17) is 0 Å². The quantitative estimate of drug-likeness (QED) is 0.603. The molecule has 0 aliphatic carbocycles. The summed E-state index contributed by atoms with van der Waals surface area (Å²) in [6, 6.07) is 18.8. The van der Waals surface area contributed by atoms with E-state index in [9.17, 15) is 0 Å². The van der Waals surface area contributed by atoms with Gasteiger partial charge in [-0.2, -0.15) is 4.98 Å². The zero-order valence-electron chi connectivity index (χ0n) is 16.6. The van der Waals surface area contributed by atoms with Crippen LogP contribution < -0.4 is 15.5 Å². The van der Waals surface area contributed by atoms with Gasteiger partial charge in [0.05, 0.1) is 0 Å². The summed E-state index contributed by atoms with van der Waals surface area (Å²) in [7, 11) is 0. The summed E-state index contributed by atoms with van der Waals surface area (Å²) in [5, 5.41) is 6.78. The molecule has 1 saturated heterocycles. The van der Waals surface area contributed by atoms with Crippen molar-refractivity contribution in [3.63, 3.8) is 0 Å². The summed E-state index contributed by atoms with van der Waals surface area (Å²) in [6.07, 6.45) is 3.55. The fourth-order valence-corrected chi connectivity index (χ4v) is 3.64. The molecular weight excluding hydrogens is 346 g/mol. The van der Waals surface area contributed by atoms with Crippen LogP contribution in [0, 0.1) is 6.92 Å². The van der Waals surface area contributed by atoms with E-state index in [0.717, 1.165) is 42.4 Å². The summed E-state index contributed by atoms with van der Waals surface area (Å²) >= 11 is 0. The highest BCUT2D eigenvalue weighted by Crippen LogP contribution is 2.25. The number of hydrogen-bond donors (Lipinski definition) is 2. The van der Waals surface area contributed by atoms with E-state index < -0.39 is 0 Å². The van der Waals surface area contributed by atoms with Crippen molar-refractivity contribution in [2.45, 2.75) is 33.1 Å². The highest BCUT2D eigenvalue weighted by atomic mass is 15.2. The molecule has 0 bridgehead atoms. The lowest BCUT2D eigenvalue weighted by Crippen LogP contribution is -2.17. The Labute approximate surface area is 166 Å². The first-order chi connectivity index (χ1) is 13.7. The molecule has 5 heteroatoms. The fraction of sp³-hybridized carbons (Fsp3) is 0.304. The van der Waals surface area contributed by atoms with E-state index in [1.807, 2.05) is 19.1 Å². The highest BCUT2D eigenvalue weighted by molar-refractivity contribution is 5.64. The van der Waals surface area contributed by atoms with E-state index in [1.165, 1.54) is 24.1 Å². The molecule has 0 atom stereocenters. The highest BCUT2D eigenvalue weighted by Gasteiger charge is 2.12. The van der Waals surface area contributed by atoms with Crippen molar-refractivity contribution in [1.29, 1.82) is 0 Å². The zero-order chi connectivity index (χ0) is 19.3. The minimum Gasteiger partial charge on any atom is -0.372 e. The lowest BCUT2D eigenvalue weighted by molar-refractivity contribution is 0.949. The second kappa shape index (κ2) is 8.30. The number of nitrogens with one attached hydrogen (secondary N) is 2. The Morgan fingerprint density at radius 1 is 0.929 bits per heavy atom. The van der Waals surface area contributed by atoms with Crippen molar-refractivity contribution in [3.8, 4) is 0 Å². The van der Waals surface area contributed by atoms with Crippen molar-refractivity contribution >= 4 is 28.8 Å².